The van der Waals surface area contributed by atoms with E-state index < -0.39 is 0 Å². The largest absolute Gasteiger partial charge is 0.381 e. The second-order valence-corrected chi connectivity index (χ2v) is 6.71. The quantitative estimate of drug-likeness (QED) is 0.926. The molecule has 2 aliphatic rings. The molecule has 0 unspecified atom stereocenters. The number of ether oxygens (including phenoxy) is 2. The third kappa shape index (κ3) is 3.56. The molecular weight excluding hydrogens is 288 g/mol. The highest BCUT2D eigenvalue weighted by Crippen LogP contribution is 2.30. The first-order valence-corrected chi connectivity index (χ1v) is 8.36. The molecule has 116 valence electrons. The summed E-state index contributed by atoms with van der Waals surface area (Å²) >= 11 is 1.77. The average molecular weight is 310 g/mol. The molecule has 2 aliphatic heterocycles. The number of fused-ring (bicyclic) bond motifs is 1. The molecule has 3 rings (SSSR count). The van der Waals surface area contributed by atoms with Gasteiger partial charge in [-0.05, 0) is 23.4 Å². The van der Waals surface area contributed by atoms with Gasteiger partial charge in [0.1, 0.15) is 6.10 Å². The molecule has 1 saturated heterocycles. The predicted octanol–water partition coefficient (Wildman–Crippen LogP) is 2.04. The van der Waals surface area contributed by atoms with Crippen molar-refractivity contribution in [1.82, 2.24) is 10.2 Å². The van der Waals surface area contributed by atoms with Crippen molar-refractivity contribution >= 4 is 17.4 Å². The number of rotatable bonds is 4. The lowest BCUT2D eigenvalue weighted by molar-refractivity contribution is 0.0445. The number of hydrogen-bond donors (Lipinski definition) is 1. The number of urea groups is 1. The van der Waals surface area contributed by atoms with Gasteiger partial charge in [0.2, 0.25) is 0 Å². The van der Waals surface area contributed by atoms with E-state index in [1.807, 2.05) is 7.05 Å². The van der Waals surface area contributed by atoms with E-state index in [1.165, 1.54) is 10.4 Å². The van der Waals surface area contributed by atoms with Crippen LogP contribution in [0.15, 0.2) is 11.4 Å². The Labute approximate surface area is 129 Å². The molecule has 0 aliphatic carbocycles. The number of thiophene rings is 1. The summed E-state index contributed by atoms with van der Waals surface area (Å²) in [5.74, 6) is 0.468. The van der Waals surface area contributed by atoms with Crippen LogP contribution >= 0.6 is 11.3 Å². The first-order valence-electron chi connectivity index (χ1n) is 7.48. The summed E-state index contributed by atoms with van der Waals surface area (Å²) in [7, 11) is 1.84. The van der Waals surface area contributed by atoms with Crippen molar-refractivity contribution in [3.63, 3.8) is 0 Å². The third-order valence-electron chi connectivity index (χ3n) is 4.12. The Balaban J connectivity index is 1.47. The Morgan fingerprint density at radius 3 is 3.24 bits per heavy atom. The minimum absolute atomic E-state index is 0.00726. The molecule has 0 spiro atoms. The Bertz CT molecular complexity index is 485. The van der Waals surface area contributed by atoms with Gasteiger partial charge in [-0.1, -0.05) is 0 Å². The molecule has 0 radical (unpaired) electrons. The van der Waals surface area contributed by atoms with Crippen LogP contribution in [0.4, 0.5) is 4.79 Å². The zero-order valence-corrected chi connectivity index (χ0v) is 13.2. The second kappa shape index (κ2) is 6.77. The van der Waals surface area contributed by atoms with E-state index in [2.05, 4.69) is 16.8 Å². The van der Waals surface area contributed by atoms with E-state index in [1.54, 1.807) is 16.2 Å². The van der Waals surface area contributed by atoms with Crippen molar-refractivity contribution in [2.75, 3.05) is 40.0 Å². The van der Waals surface area contributed by atoms with Crippen molar-refractivity contribution in [2.45, 2.75) is 18.9 Å². The summed E-state index contributed by atoms with van der Waals surface area (Å²) in [6.45, 7) is 3.61. The molecule has 0 bridgehead atoms. The van der Waals surface area contributed by atoms with Crippen molar-refractivity contribution in [2.24, 2.45) is 5.92 Å². The molecule has 2 atom stereocenters. The third-order valence-corrected chi connectivity index (χ3v) is 5.11. The standard InChI is InChI=1S/C15H22N2O3S/c1-17(9-11-2-5-19-10-11)15(18)16-8-13-12-4-7-21-14(12)3-6-20-13/h4,7,11,13H,2-3,5-6,8-10H2,1H3,(H,16,18)/t11-,13+/m1/s1. The predicted molar refractivity (Wildman–Crippen MR) is 81.7 cm³/mol. The monoisotopic (exact) mass is 310 g/mol. The summed E-state index contributed by atoms with van der Waals surface area (Å²) < 4.78 is 11.1. The summed E-state index contributed by atoms with van der Waals surface area (Å²) in [5, 5.41) is 5.08. The van der Waals surface area contributed by atoms with Crippen LogP contribution in [0.2, 0.25) is 0 Å². The van der Waals surface area contributed by atoms with Crippen LogP contribution in [0.1, 0.15) is 23.0 Å². The summed E-state index contributed by atoms with van der Waals surface area (Å²) in [5.41, 5.74) is 1.23. The van der Waals surface area contributed by atoms with Crippen molar-refractivity contribution in [3.8, 4) is 0 Å². The van der Waals surface area contributed by atoms with Gasteiger partial charge < -0.3 is 19.7 Å². The minimum atomic E-state index is -0.0344. The van der Waals surface area contributed by atoms with Crippen LogP contribution in [0.25, 0.3) is 0 Å². The average Bonchev–Trinajstić information content (AvgIpc) is 3.15. The van der Waals surface area contributed by atoms with E-state index in [0.717, 1.165) is 39.2 Å². The Morgan fingerprint density at radius 2 is 2.43 bits per heavy atom. The first-order chi connectivity index (χ1) is 10.2. The van der Waals surface area contributed by atoms with Gasteiger partial charge in [-0.15, -0.1) is 11.3 Å². The number of nitrogens with zero attached hydrogens (tertiary/aromatic N) is 1. The molecule has 1 N–H and O–H groups in total. The van der Waals surface area contributed by atoms with Gasteiger partial charge in [-0.3, -0.25) is 0 Å². The Hall–Kier alpha value is -1.11. The first kappa shape index (κ1) is 14.8. The maximum Gasteiger partial charge on any atom is 0.317 e. The zero-order valence-electron chi connectivity index (χ0n) is 12.3. The van der Waals surface area contributed by atoms with Gasteiger partial charge in [0.05, 0.1) is 13.2 Å². The lowest BCUT2D eigenvalue weighted by Crippen LogP contribution is -2.42. The van der Waals surface area contributed by atoms with Crippen LogP contribution < -0.4 is 5.32 Å². The molecule has 2 amide bonds. The molecule has 3 heterocycles. The molecule has 21 heavy (non-hydrogen) atoms. The lowest BCUT2D eigenvalue weighted by Gasteiger charge is -2.26. The van der Waals surface area contributed by atoms with Crippen LogP contribution in [-0.2, 0) is 15.9 Å². The highest BCUT2D eigenvalue weighted by molar-refractivity contribution is 7.10. The molecule has 1 fully saturated rings. The highest BCUT2D eigenvalue weighted by atomic mass is 32.1. The fourth-order valence-electron chi connectivity index (χ4n) is 2.91. The summed E-state index contributed by atoms with van der Waals surface area (Å²) in [6.07, 6.45) is 2.02. The van der Waals surface area contributed by atoms with E-state index >= 15 is 0 Å². The van der Waals surface area contributed by atoms with Crippen LogP contribution in [0.5, 0.6) is 0 Å². The SMILES string of the molecule is CN(C[C@H]1CCOC1)C(=O)NC[C@@H]1OCCc2sccc21. The molecule has 1 aromatic heterocycles. The van der Waals surface area contributed by atoms with Crippen LogP contribution in [0, 0.1) is 5.92 Å². The van der Waals surface area contributed by atoms with Gasteiger partial charge in [0.15, 0.2) is 0 Å². The van der Waals surface area contributed by atoms with Gasteiger partial charge in [0, 0.05) is 44.0 Å². The Morgan fingerprint density at radius 1 is 1.52 bits per heavy atom. The topological polar surface area (TPSA) is 50.8 Å². The van der Waals surface area contributed by atoms with E-state index in [-0.39, 0.29) is 12.1 Å². The highest BCUT2D eigenvalue weighted by Gasteiger charge is 2.24. The molecule has 1 aromatic rings. The van der Waals surface area contributed by atoms with Gasteiger partial charge in [-0.25, -0.2) is 4.79 Å². The molecule has 6 heteroatoms. The van der Waals surface area contributed by atoms with E-state index in [4.69, 9.17) is 9.47 Å². The second-order valence-electron chi connectivity index (χ2n) is 5.70. The maximum absolute atomic E-state index is 12.1. The van der Waals surface area contributed by atoms with Crippen LogP contribution in [0.3, 0.4) is 0 Å². The van der Waals surface area contributed by atoms with Crippen molar-refractivity contribution in [3.05, 3.63) is 21.9 Å². The maximum atomic E-state index is 12.1. The smallest absolute Gasteiger partial charge is 0.317 e. The summed E-state index contributed by atoms with van der Waals surface area (Å²) in [4.78, 5) is 15.3. The van der Waals surface area contributed by atoms with Gasteiger partial charge in [0.25, 0.3) is 0 Å². The number of carbonyl (C=O) groups excluding carboxylic acids is 1. The molecule has 0 aromatic carbocycles. The molecule has 0 saturated carbocycles. The lowest BCUT2D eigenvalue weighted by atomic mass is 10.1. The van der Waals surface area contributed by atoms with Crippen molar-refractivity contribution in [1.29, 1.82) is 0 Å². The van der Waals surface area contributed by atoms with E-state index in [0.29, 0.717) is 12.5 Å². The fraction of sp³-hybridized carbons (Fsp3) is 0.667. The number of nitrogens with one attached hydrogen (secondary N) is 1. The fourth-order valence-corrected chi connectivity index (χ4v) is 3.82. The Kier molecular flexibility index (Phi) is 4.77. The van der Waals surface area contributed by atoms with Crippen molar-refractivity contribution < 1.29 is 14.3 Å². The van der Waals surface area contributed by atoms with E-state index in [9.17, 15) is 4.79 Å². The summed E-state index contributed by atoms with van der Waals surface area (Å²) in [6, 6.07) is 2.07. The zero-order chi connectivity index (χ0) is 14.7. The number of hydrogen-bond acceptors (Lipinski definition) is 4. The normalized spacial score (nSPS) is 24.6. The minimum Gasteiger partial charge on any atom is -0.381 e. The number of amides is 2. The van der Waals surface area contributed by atoms with Crippen LogP contribution in [-0.4, -0.2) is 50.9 Å². The number of carbonyl (C=O) groups is 1. The molecule has 5 nitrogen and oxygen atoms in total. The van der Waals surface area contributed by atoms with Gasteiger partial charge >= 0.3 is 6.03 Å². The molecular formula is C15H22N2O3S. The van der Waals surface area contributed by atoms with Gasteiger partial charge in [-0.2, -0.15) is 0 Å².